The van der Waals surface area contributed by atoms with Gasteiger partial charge in [-0.25, -0.2) is 4.79 Å². The van der Waals surface area contributed by atoms with Crippen LogP contribution < -0.4 is 10.2 Å². The van der Waals surface area contributed by atoms with Gasteiger partial charge in [0.1, 0.15) is 12.4 Å². The number of phenolic OH excluding ortho intramolecular Hbond substituents is 1. The summed E-state index contributed by atoms with van der Waals surface area (Å²) in [5.41, 5.74) is 2.25. The number of carbonyl (C=O) groups excluding carboxylic acids is 2. The average Bonchev–Trinajstić information content (AvgIpc) is 2.93. The molecule has 2 aromatic carbocycles. The summed E-state index contributed by atoms with van der Waals surface area (Å²) < 4.78 is 4.90. The van der Waals surface area contributed by atoms with E-state index >= 15 is 0 Å². The van der Waals surface area contributed by atoms with Crippen molar-refractivity contribution in [1.82, 2.24) is 0 Å². The van der Waals surface area contributed by atoms with Crippen molar-refractivity contribution in [2.75, 3.05) is 23.4 Å². The van der Waals surface area contributed by atoms with E-state index in [1.807, 2.05) is 6.92 Å². The lowest BCUT2D eigenvalue weighted by Gasteiger charge is -2.14. The van der Waals surface area contributed by atoms with Gasteiger partial charge in [0, 0.05) is 11.4 Å². The maximum Gasteiger partial charge on any atom is 0.414 e. The maximum atomic E-state index is 12.3. The standard InChI is InChI=1S/C17H16N2O4/c1-11-5-6-14(15(20)9-11)16(21)18-12-3-2-4-13(10-12)19-7-8-23-17(19)22/h2-6,9-10,20H,7-8H2,1H3,(H,18,21). The number of aryl methyl sites for hydroxylation is 1. The largest absolute Gasteiger partial charge is 0.507 e. The van der Waals surface area contributed by atoms with Crippen molar-refractivity contribution in [1.29, 1.82) is 0 Å². The number of anilines is 2. The third-order valence-corrected chi connectivity index (χ3v) is 3.57. The Labute approximate surface area is 133 Å². The van der Waals surface area contributed by atoms with E-state index in [1.54, 1.807) is 36.4 Å². The summed E-state index contributed by atoms with van der Waals surface area (Å²) >= 11 is 0. The predicted molar refractivity (Wildman–Crippen MR) is 85.9 cm³/mol. The summed E-state index contributed by atoms with van der Waals surface area (Å²) in [4.78, 5) is 25.4. The van der Waals surface area contributed by atoms with E-state index in [0.717, 1.165) is 5.56 Å². The van der Waals surface area contributed by atoms with E-state index in [0.29, 0.717) is 24.5 Å². The summed E-state index contributed by atoms with van der Waals surface area (Å²) in [5.74, 6) is -0.481. The first-order valence-electron chi connectivity index (χ1n) is 7.20. The Morgan fingerprint density at radius 2 is 2.09 bits per heavy atom. The van der Waals surface area contributed by atoms with Crippen LogP contribution in [0.3, 0.4) is 0 Å². The molecule has 1 heterocycles. The molecule has 1 saturated heterocycles. The lowest BCUT2D eigenvalue weighted by Crippen LogP contribution is -2.23. The number of cyclic esters (lactones) is 1. The fourth-order valence-electron chi connectivity index (χ4n) is 2.41. The average molecular weight is 312 g/mol. The van der Waals surface area contributed by atoms with Crippen molar-refractivity contribution >= 4 is 23.4 Å². The van der Waals surface area contributed by atoms with Gasteiger partial charge in [-0.05, 0) is 42.8 Å². The zero-order valence-electron chi connectivity index (χ0n) is 12.6. The van der Waals surface area contributed by atoms with E-state index in [2.05, 4.69) is 5.32 Å². The van der Waals surface area contributed by atoms with E-state index in [4.69, 9.17) is 4.74 Å². The minimum Gasteiger partial charge on any atom is -0.507 e. The molecule has 0 aromatic heterocycles. The highest BCUT2D eigenvalue weighted by Gasteiger charge is 2.23. The number of amides is 2. The molecular formula is C17H16N2O4. The van der Waals surface area contributed by atoms with Crippen molar-refractivity contribution in [3.05, 3.63) is 53.6 Å². The number of nitrogens with zero attached hydrogens (tertiary/aromatic N) is 1. The Bertz CT molecular complexity index is 773. The summed E-state index contributed by atoms with van der Waals surface area (Å²) in [6.07, 6.45) is -0.398. The van der Waals surface area contributed by atoms with E-state index in [-0.39, 0.29) is 11.3 Å². The minimum absolute atomic E-state index is 0.0678. The molecule has 2 N–H and O–H groups in total. The molecule has 6 heteroatoms. The highest BCUT2D eigenvalue weighted by molar-refractivity contribution is 6.06. The third kappa shape index (κ3) is 3.11. The molecule has 23 heavy (non-hydrogen) atoms. The summed E-state index contributed by atoms with van der Waals surface area (Å²) in [6, 6.07) is 11.8. The number of aromatic hydroxyl groups is 1. The van der Waals surface area contributed by atoms with Crippen molar-refractivity contribution in [2.24, 2.45) is 0 Å². The molecule has 2 aromatic rings. The number of benzene rings is 2. The van der Waals surface area contributed by atoms with Crippen LogP contribution in [0, 0.1) is 6.92 Å². The summed E-state index contributed by atoms with van der Waals surface area (Å²) in [6.45, 7) is 2.67. The predicted octanol–water partition coefficient (Wildman–Crippen LogP) is 2.91. The third-order valence-electron chi connectivity index (χ3n) is 3.57. The molecular weight excluding hydrogens is 296 g/mol. The van der Waals surface area contributed by atoms with Crippen LogP contribution in [0.2, 0.25) is 0 Å². The molecule has 0 saturated carbocycles. The molecule has 0 bridgehead atoms. The van der Waals surface area contributed by atoms with Gasteiger partial charge in [-0.3, -0.25) is 9.69 Å². The second kappa shape index (κ2) is 6.00. The topological polar surface area (TPSA) is 78.9 Å². The van der Waals surface area contributed by atoms with Gasteiger partial charge in [0.15, 0.2) is 0 Å². The quantitative estimate of drug-likeness (QED) is 0.913. The number of ether oxygens (including phenoxy) is 1. The zero-order chi connectivity index (χ0) is 16.4. The summed E-state index contributed by atoms with van der Waals surface area (Å²) in [7, 11) is 0. The summed E-state index contributed by atoms with van der Waals surface area (Å²) in [5, 5.41) is 12.6. The maximum absolute atomic E-state index is 12.3. The minimum atomic E-state index is -0.413. The number of carbonyl (C=O) groups is 2. The van der Waals surface area contributed by atoms with Crippen LogP contribution in [0.25, 0.3) is 0 Å². The fraction of sp³-hybridized carbons (Fsp3) is 0.176. The Balaban J connectivity index is 1.80. The van der Waals surface area contributed by atoms with Gasteiger partial charge in [-0.15, -0.1) is 0 Å². The fourth-order valence-corrected chi connectivity index (χ4v) is 2.41. The van der Waals surface area contributed by atoms with Crippen LogP contribution in [0.4, 0.5) is 16.2 Å². The highest BCUT2D eigenvalue weighted by atomic mass is 16.6. The first-order chi connectivity index (χ1) is 11.0. The lowest BCUT2D eigenvalue weighted by molar-refractivity contribution is 0.102. The molecule has 118 valence electrons. The number of phenols is 1. The molecule has 3 rings (SSSR count). The van der Waals surface area contributed by atoms with E-state index in [1.165, 1.54) is 11.0 Å². The smallest absolute Gasteiger partial charge is 0.414 e. The van der Waals surface area contributed by atoms with Gasteiger partial charge >= 0.3 is 6.09 Å². The Kier molecular flexibility index (Phi) is 3.89. The van der Waals surface area contributed by atoms with Gasteiger partial charge < -0.3 is 15.2 Å². The monoisotopic (exact) mass is 312 g/mol. The molecule has 1 fully saturated rings. The number of hydrogen-bond acceptors (Lipinski definition) is 4. The Morgan fingerprint density at radius 1 is 1.26 bits per heavy atom. The molecule has 2 amide bonds. The molecule has 0 spiro atoms. The van der Waals surface area contributed by atoms with Gasteiger partial charge in [-0.2, -0.15) is 0 Å². The number of nitrogens with one attached hydrogen (secondary N) is 1. The van der Waals surface area contributed by atoms with Crippen molar-refractivity contribution < 1.29 is 19.4 Å². The molecule has 1 aliphatic rings. The van der Waals surface area contributed by atoms with Crippen molar-refractivity contribution in [2.45, 2.75) is 6.92 Å². The molecule has 0 aliphatic carbocycles. The van der Waals surface area contributed by atoms with Crippen LogP contribution in [0.5, 0.6) is 5.75 Å². The zero-order valence-corrected chi connectivity index (χ0v) is 12.6. The van der Waals surface area contributed by atoms with E-state index in [9.17, 15) is 14.7 Å². The Morgan fingerprint density at radius 3 is 2.78 bits per heavy atom. The van der Waals surface area contributed by atoms with Gasteiger partial charge in [0.2, 0.25) is 0 Å². The van der Waals surface area contributed by atoms with Crippen molar-refractivity contribution in [3.63, 3.8) is 0 Å². The van der Waals surface area contributed by atoms with Gasteiger partial charge in [-0.1, -0.05) is 12.1 Å². The van der Waals surface area contributed by atoms with Crippen LogP contribution >= 0.6 is 0 Å². The molecule has 0 radical (unpaired) electrons. The highest BCUT2D eigenvalue weighted by Crippen LogP contribution is 2.24. The molecule has 1 aliphatic heterocycles. The van der Waals surface area contributed by atoms with Gasteiger partial charge in [0.05, 0.1) is 12.1 Å². The molecule has 0 unspecified atom stereocenters. The van der Waals surface area contributed by atoms with Crippen LogP contribution in [0.1, 0.15) is 15.9 Å². The lowest BCUT2D eigenvalue weighted by atomic mass is 10.1. The van der Waals surface area contributed by atoms with Crippen LogP contribution in [-0.4, -0.2) is 30.3 Å². The van der Waals surface area contributed by atoms with Crippen molar-refractivity contribution in [3.8, 4) is 5.75 Å². The van der Waals surface area contributed by atoms with Gasteiger partial charge in [0.25, 0.3) is 5.91 Å². The first-order valence-corrected chi connectivity index (χ1v) is 7.20. The normalized spacial score (nSPS) is 13.8. The number of hydrogen-bond donors (Lipinski definition) is 2. The number of rotatable bonds is 3. The first kappa shape index (κ1) is 14.9. The van der Waals surface area contributed by atoms with Crippen LogP contribution in [-0.2, 0) is 4.74 Å². The van der Waals surface area contributed by atoms with Crippen LogP contribution in [0.15, 0.2) is 42.5 Å². The van der Waals surface area contributed by atoms with E-state index < -0.39 is 12.0 Å². The molecule has 0 atom stereocenters. The second-order valence-corrected chi connectivity index (χ2v) is 5.29. The Hall–Kier alpha value is -3.02. The SMILES string of the molecule is Cc1ccc(C(=O)Nc2cccc(N3CCOC3=O)c2)c(O)c1. The second-order valence-electron chi connectivity index (χ2n) is 5.29. The molecule has 6 nitrogen and oxygen atoms in total.